The predicted molar refractivity (Wildman–Crippen MR) is 109 cm³/mol. The second kappa shape index (κ2) is 9.58. The van der Waals surface area contributed by atoms with Crippen molar-refractivity contribution in [2.24, 2.45) is 0 Å². The standard InChI is InChI=1S/C23H23NO4/c1-26-16-19-14-18(8-13-22(19)27-2)23(25)24-20-9-11-21(12-10-20)28-15-17-6-4-3-5-7-17/h3-14H,15-16H2,1-2H3,(H,24,25). The molecule has 0 radical (unpaired) electrons. The SMILES string of the molecule is COCc1cc(C(=O)Nc2ccc(OCc3ccccc3)cc2)ccc1OC. The van der Waals surface area contributed by atoms with Crippen molar-refractivity contribution in [3.8, 4) is 11.5 Å². The second-order valence-corrected chi connectivity index (χ2v) is 6.21. The highest BCUT2D eigenvalue weighted by Crippen LogP contribution is 2.22. The molecule has 3 rings (SSSR count). The molecule has 0 fully saturated rings. The number of amides is 1. The molecule has 0 unspecified atom stereocenters. The van der Waals surface area contributed by atoms with Crippen LogP contribution in [0.3, 0.4) is 0 Å². The summed E-state index contributed by atoms with van der Waals surface area (Å²) >= 11 is 0. The van der Waals surface area contributed by atoms with Gasteiger partial charge in [0.25, 0.3) is 5.91 Å². The molecule has 0 spiro atoms. The Balaban J connectivity index is 1.62. The number of ether oxygens (including phenoxy) is 3. The van der Waals surface area contributed by atoms with Gasteiger partial charge < -0.3 is 19.5 Å². The predicted octanol–water partition coefficient (Wildman–Crippen LogP) is 4.67. The van der Waals surface area contributed by atoms with Gasteiger partial charge in [-0.3, -0.25) is 4.79 Å². The molecule has 28 heavy (non-hydrogen) atoms. The first-order chi connectivity index (χ1) is 13.7. The minimum absolute atomic E-state index is 0.196. The summed E-state index contributed by atoms with van der Waals surface area (Å²) < 4.78 is 16.2. The van der Waals surface area contributed by atoms with Crippen molar-refractivity contribution in [1.82, 2.24) is 0 Å². The first-order valence-corrected chi connectivity index (χ1v) is 8.93. The van der Waals surface area contributed by atoms with Gasteiger partial charge >= 0.3 is 0 Å². The number of hydrogen-bond donors (Lipinski definition) is 1. The van der Waals surface area contributed by atoms with Crippen molar-refractivity contribution in [1.29, 1.82) is 0 Å². The fraction of sp³-hybridized carbons (Fsp3) is 0.174. The van der Waals surface area contributed by atoms with Crippen molar-refractivity contribution in [2.45, 2.75) is 13.2 Å². The highest BCUT2D eigenvalue weighted by atomic mass is 16.5. The van der Waals surface area contributed by atoms with Crippen LogP contribution >= 0.6 is 0 Å². The average molecular weight is 377 g/mol. The molecule has 5 heteroatoms. The molecule has 0 aromatic heterocycles. The first kappa shape index (κ1) is 19.5. The zero-order valence-corrected chi connectivity index (χ0v) is 16.0. The Morgan fingerprint density at radius 1 is 0.893 bits per heavy atom. The van der Waals surface area contributed by atoms with Crippen LogP contribution in [-0.2, 0) is 18.0 Å². The number of methoxy groups -OCH3 is 2. The number of hydrogen-bond acceptors (Lipinski definition) is 4. The van der Waals surface area contributed by atoms with Gasteiger partial charge in [0, 0.05) is 23.9 Å². The lowest BCUT2D eigenvalue weighted by Crippen LogP contribution is -2.12. The van der Waals surface area contributed by atoms with E-state index in [1.165, 1.54) is 0 Å². The molecule has 0 atom stereocenters. The van der Waals surface area contributed by atoms with Gasteiger partial charge in [-0.25, -0.2) is 0 Å². The average Bonchev–Trinajstić information content (AvgIpc) is 2.74. The molecule has 1 amide bonds. The molecule has 3 aromatic carbocycles. The number of anilines is 1. The first-order valence-electron chi connectivity index (χ1n) is 8.93. The van der Waals surface area contributed by atoms with Gasteiger partial charge in [0.2, 0.25) is 0 Å². The molecule has 0 saturated heterocycles. The summed E-state index contributed by atoms with van der Waals surface area (Å²) in [5, 5.41) is 2.89. The molecule has 5 nitrogen and oxygen atoms in total. The molecule has 0 aliphatic heterocycles. The molecule has 0 heterocycles. The summed E-state index contributed by atoms with van der Waals surface area (Å²) in [5.41, 5.74) is 3.16. The molecule has 0 saturated carbocycles. The van der Waals surface area contributed by atoms with Crippen LogP contribution in [0, 0.1) is 0 Å². The lowest BCUT2D eigenvalue weighted by atomic mass is 10.1. The van der Waals surface area contributed by atoms with Crippen LogP contribution in [-0.4, -0.2) is 20.1 Å². The number of benzene rings is 3. The Morgan fingerprint density at radius 2 is 1.64 bits per heavy atom. The van der Waals surface area contributed by atoms with E-state index >= 15 is 0 Å². The third-order valence-electron chi connectivity index (χ3n) is 4.20. The van der Waals surface area contributed by atoms with E-state index in [2.05, 4.69) is 5.32 Å². The molecule has 0 aliphatic carbocycles. The molecular weight excluding hydrogens is 354 g/mol. The molecular formula is C23H23NO4. The molecule has 1 N–H and O–H groups in total. The maximum absolute atomic E-state index is 12.5. The van der Waals surface area contributed by atoms with E-state index in [1.807, 2.05) is 54.6 Å². The van der Waals surface area contributed by atoms with Crippen molar-refractivity contribution in [2.75, 3.05) is 19.5 Å². The monoisotopic (exact) mass is 377 g/mol. The largest absolute Gasteiger partial charge is 0.496 e. The molecule has 0 aliphatic rings. The normalized spacial score (nSPS) is 10.4. The van der Waals surface area contributed by atoms with Crippen molar-refractivity contribution in [3.63, 3.8) is 0 Å². The van der Waals surface area contributed by atoms with Gasteiger partial charge in [-0.05, 0) is 48.0 Å². The van der Waals surface area contributed by atoms with Crippen molar-refractivity contribution < 1.29 is 19.0 Å². The van der Waals surface area contributed by atoms with Crippen LogP contribution in [0.15, 0.2) is 72.8 Å². The number of rotatable bonds is 8. The van der Waals surface area contributed by atoms with E-state index in [4.69, 9.17) is 14.2 Å². The maximum atomic E-state index is 12.5. The lowest BCUT2D eigenvalue weighted by molar-refractivity contribution is 0.102. The third-order valence-corrected chi connectivity index (χ3v) is 4.20. The van der Waals surface area contributed by atoms with E-state index in [0.717, 1.165) is 16.9 Å². The third kappa shape index (κ3) is 5.11. The smallest absolute Gasteiger partial charge is 0.255 e. The topological polar surface area (TPSA) is 56.8 Å². The maximum Gasteiger partial charge on any atom is 0.255 e. The van der Waals surface area contributed by atoms with E-state index in [9.17, 15) is 4.79 Å². The Kier molecular flexibility index (Phi) is 6.65. The summed E-state index contributed by atoms with van der Waals surface area (Å²) in [4.78, 5) is 12.5. The second-order valence-electron chi connectivity index (χ2n) is 6.21. The Labute approximate surface area is 164 Å². The fourth-order valence-electron chi connectivity index (χ4n) is 2.77. The molecule has 0 bridgehead atoms. The zero-order valence-electron chi connectivity index (χ0n) is 16.0. The highest BCUT2D eigenvalue weighted by molar-refractivity contribution is 6.04. The minimum atomic E-state index is -0.196. The van der Waals surface area contributed by atoms with Crippen LogP contribution in [0.4, 0.5) is 5.69 Å². The van der Waals surface area contributed by atoms with Crippen LogP contribution in [0.2, 0.25) is 0 Å². The fourth-order valence-corrected chi connectivity index (χ4v) is 2.77. The van der Waals surface area contributed by atoms with Crippen LogP contribution in [0.1, 0.15) is 21.5 Å². The van der Waals surface area contributed by atoms with Gasteiger partial charge in [0.05, 0.1) is 13.7 Å². The van der Waals surface area contributed by atoms with Gasteiger partial charge in [0.15, 0.2) is 0 Å². The quantitative estimate of drug-likeness (QED) is 0.620. The van der Waals surface area contributed by atoms with Gasteiger partial charge in [-0.1, -0.05) is 30.3 Å². The summed E-state index contributed by atoms with van der Waals surface area (Å²) in [5.74, 6) is 1.24. The summed E-state index contributed by atoms with van der Waals surface area (Å²) in [6, 6.07) is 22.5. The van der Waals surface area contributed by atoms with E-state index in [-0.39, 0.29) is 5.91 Å². The minimum Gasteiger partial charge on any atom is -0.496 e. The summed E-state index contributed by atoms with van der Waals surface area (Å²) in [7, 11) is 3.20. The zero-order chi connectivity index (χ0) is 19.8. The highest BCUT2D eigenvalue weighted by Gasteiger charge is 2.11. The Bertz CT molecular complexity index is 908. The van der Waals surface area contributed by atoms with Crippen LogP contribution in [0.25, 0.3) is 0 Å². The van der Waals surface area contributed by atoms with Crippen LogP contribution in [0.5, 0.6) is 11.5 Å². The van der Waals surface area contributed by atoms with Crippen LogP contribution < -0.4 is 14.8 Å². The Morgan fingerprint density at radius 3 is 2.32 bits per heavy atom. The van der Waals surface area contributed by atoms with E-state index in [1.54, 1.807) is 32.4 Å². The number of carbonyl (C=O) groups excluding carboxylic acids is 1. The van der Waals surface area contributed by atoms with E-state index < -0.39 is 0 Å². The Hall–Kier alpha value is -3.31. The van der Waals surface area contributed by atoms with Crippen molar-refractivity contribution >= 4 is 11.6 Å². The van der Waals surface area contributed by atoms with E-state index in [0.29, 0.717) is 30.2 Å². The van der Waals surface area contributed by atoms with Crippen molar-refractivity contribution in [3.05, 3.63) is 89.5 Å². The van der Waals surface area contributed by atoms with Gasteiger partial charge in [-0.15, -0.1) is 0 Å². The number of nitrogens with one attached hydrogen (secondary N) is 1. The summed E-state index contributed by atoms with van der Waals surface area (Å²) in [6.07, 6.45) is 0. The molecule has 144 valence electrons. The summed E-state index contributed by atoms with van der Waals surface area (Å²) in [6.45, 7) is 0.873. The molecule has 3 aromatic rings. The van der Waals surface area contributed by atoms with Gasteiger partial charge in [-0.2, -0.15) is 0 Å². The van der Waals surface area contributed by atoms with Gasteiger partial charge in [0.1, 0.15) is 18.1 Å². The number of carbonyl (C=O) groups is 1. The lowest BCUT2D eigenvalue weighted by Gasteiger charge is -2.11.